The molecule has 96 valence electrons. The van der Waals surface area contributed by atoms with Gasteiger partial charge in [-0.15, -0.1) is 0 Å². The molecule has 1 aliphatic carbocycles. The van der Waals surface area contributed by atoms with Crippen LogP contribution in [0.5, 0.6) is 0 Å². The molecule has 2 rings (SSSR count). The fraction of sp³-hybridized carbons (Fsp3) is 0.700. The van der Waals surface area contributed by atoms with Gasteiger partial charge in [0.2, 0.25) is 10.0 Å². The van der Waals surface area contributed by atoms with Crippen LogP contribution in [0, 0.1) is 6.92 Å². The lowest BCUT2D eigenvalue weighted by atomic mass is 9.94. The molecule has 1 aromatic rings. The molecule has 1 heterocycles. The zero-order valence-corrected chi connectivity index (χ0v) is 10.5. The van der Waals surface area contributed by atoms with Gasteiger partial charge < -0.3 is 5.11 Å². The van der Waals surface area contributed by atoms with Crippen molar-refractivity contribution in [3.8, 4) is 0 Å². The quantitative estimate of drug-likeness (QED) is 0.727. The molecule has 0 aromatic carbocycles. The average Bonchev–Trinajstić information content (AvgIpc) is 2.68. The van der Waals surface area contributed by atoms with E-state index in [-0.39, 0.29) is 17.0 Å². The van der Waals surface area contributed by atoms with Gasteiger partial charge in [0.15, 0.2) is 0 Å². The molecule has 0 aliphatic heterocycles. The summed E-state index contributed by atoms with van der Waals surface area (Å²) < 4.78 is 26.7. The van der Waals surface area contributed by atoms with Gasteiger partial charge in [0.05, 0.1) is 18.0 Å². The predicted molar refractivity (Wildman–Crippen MR) is 61.9 cm³/mol. The summed E-state index contributed by atoms with van der Waals surface area (Å²) in [5.41, 5.74) is 0.536. The van der Waals surface area contributed by atoms with Crippen LogP contribution in [-0.2, 0) is 10.0 Å². The molecule has 1 aromatic heterocycles. The maximum atomic E-state index is 12.0. The highest BCUT2D eigenvalue weighted by atomic mass is 32.2. The van der Waals surface area contributed by atoms with E-state index in [9.17, 15) is 13.5 Å². The SMILES string of the molecule is Cc1[nH]ncc1S(=O)(=O)NC1CCC(O)CC1. The van der Waals surface area contributed by atoms with Crippen molar-refractivity contribution in [3.05, 3.63) is 11.9 Å². The number of nitrogens with one attached hydrogen (secondary N) is 2. The van der Waals surface area contributed by atoms with Crippen LogP contribution in [0.25, 0.3) is 0 Å². The number of hydrogen-bond acceptors (Lipinski definition) is 4. The number of sulfonamides is 1. The largest absolute Gasteiger partial charge is 0.393 e. The molecule has 1 aliphatic rings. The van der Waals surface area contributed by atoms with Gasteiger partial charge in [-0.2, -0.15) is 5.10 Å². The summed E-state index contributed by atoms with van der Waals surface area (Å²) in [4.78, 5) is 0.198. The second kappa shape index (κ2) is 4.75. The number of hydrogen-bond donors (Lipinski definition) is 3. The van der Waals surface area contributed by atoms with E-state index in [4.69, 9.17) is 0 Å². The molecule has 1 fully saturated rings. The number of aryl methyl sites for hydroxylation is 1. The fourth-order valence-electron chi connectivity index (χ4n) is 2.09. The van der Waals surface area contributed by atoms with Crippen molar-refractivity contribution in [2.75, 3.05) is 0 Å². The Morgan fingerprint density at radius 3 is 2.59 bits per heavy atom. The monoisotopic (exact) mass is 259 g/mol. The van der Waals surface area contributed by atoms with Crippen molar-refractivity contribution in [1.29, 1.82) is 0 Å². The molecule has 0 radical (unpaired) electrons. The Balaban J connectivity index is 2.06. The van der Waals surface area contributed by atoms with Crippen molar-refractivity contribution in [3.63, 3.8) is 0 Å². The highest BCUT2D eigenvalue weighted by Crippen LogP contribution is 2.21. The lowest BCUT2D eigenvalue weighted by Crippen LogP contribution is -2.38. The lowest BCUT2D eigenvalue weighted by Gasteiger charge is -2.25. The zero-order valence-electron chi connectivity index (χ0n) is 9.68. The average molecular weight is 259 g/mol. The first-order valence-corrected chi connectivity index (χ1v) is 7.18. The fourth-order valence-corrected chi connectivity index (χ4v) is 3.53. The third-order valence-electron chi connectivity index (χ3n) is 3.09. The summed E-state index contributed by atoms with van der Waals surface area (Å²) in [6.45, 7) is 1.67. The van der Waals surface area contributed by atoms with Gasteiger partial charge in [-0.1, -0.05) is 0 Å². The maximum absolute atomic E-state index is 12.0. The van der Waals surface area contributed by atoms with Crippen LogP contribution in [0.4, 0.5) is 0 Å². The molecule has 17 heavy (non-hydrogen) atoms. The molecule has 1 saturated carbocycles. The number of aromatic amines is 1. The number of aliphatic hydroxyl groups is 1. The van der Waals surface area contributed by atoms with Gasteiger partial charge in [0.1, 0.15) is 4.90 Å². The minimum atomic E-state index is -3.49. The van der Waals surface area contributed by atoms with Gasteiger partial charge in [-0.3, -0.25) is 5.10 Å². The van der Waals surface area contributed by atoms with Crippen molar-refractivity contribution in [1.82, 2.24) is 14.9 Å². The highest BCUT2D eigenvalue weighted by molar-refractivity contribution is 7.89. The normalized spacial score (nSPS) is 26.0. The highest BCUT2D eigenvalue weighted by Gasteiger charge is 2.26. The number of nitrogens with zero attached hydrogens (tertiary/aromatic N) is 1. The topological polar surface area (TPSA) is 95.1 Å². The summed E-state index contributed by atoms with van der Waals surface area (Å²) in [6, 6.07) is -0.0855. The summed E-state index contributed by atoms with van der Waals surface area (Å²) >= 11 is 0. The van der Waals surface area contributed by atoms with Gasteiger partial charge in [-0.05, 0) is 32.6 Å². The lowest BCUT2D eigenvalue weighted by molar-refractivity contribution is 0.120. The van der Waals surface area contributed by atoms with Crippen LogP contribution in [0.15, 0.2) is 11.1 Å². The number of aliphatic hydroxyl groups excluding tert-OH is 1. The van der Waals surface area contributed by atoms with Crippen molar-refractivity contribution in [2.45, 2.75) is 49.6 Å². The van der Waals surface area contributed by atoms with E-state index in [1.807, 2.05) is 0 Å². The van der Waals surface area contributed by atoms with Gasteiger partial charge in [0.25, 0.3) is 0 Å². The standard InChI is InChI=1S/C10H17N3O3S/c1-7-10(6-11-12-7)17(15,16)13-8-2-4-9(14)5-3-8/h6,8-9,13-14H,2-5H2,1H3,(H,11,12). The first-order valence-electron chi connectivity index (χ1n) is 5.69. The van der Waals surface area contributed by atoms with Crippen LogP contribution >= 0.6 is 0 Å². The maximum Gasteiger partial charge on any atom is 0.244 e. The Hall–Kier alpha value is -0.920. The van der Waals surface area contributed by atoms with E-state index >= 15 is 0 Å². The number of rotatable bonds is 3. The summed E-state index contributed by atoms with van der Waals surface area (Å²) in [5.74, 6) is 0. The molecule has 0 bridgehead atoms. The van der Waals surface area contributed by atoms with Crippen molar-refractivity contribution < 1.29 is 13.5 Å². The number of H-pyrrole nitrogens is 1. The second-order valence-electron chi connectivity index (χ2n) is 4.49. The second-order valence-corrected chi connectivity index (χ2v) is 6.17. The Labute approximate surface area is 100 Å². The molecular weight excluding hydrogens is 242 g/mol. The third-order valence-corrected chi connectivity index (χ3v) is 4.73. The van der Waals surface area contributed by atoms with Crippen molar-refractivity contribution in [2.24, 2.45) is 0 Å². The van der Waals surface area contributed by atoms with Crippen LogP contribution in [0.2, 0.25) is 0 Å². The molecule has 7 heteroatoms. The van der Waals surface area contributed by atoms with E-state index in [0.29, 0.717) is 31.4 Å². The van der Waals surface area contributed by atoms with Crippen LogP contribution in [0.1, 0.15) is 31.4 Å². The van der Waals surface area contributed by atoms with E-state index in [0.717, 1.165) is 0 Å². The Kier molecular flexibility index (Phi) is 3.50. The molecule has 0 saturated heterocycles. The molecule has 0 amide bonds. The van der Waals surface area contributed by atoms with E-state index in [2.05, 4.69) is 14.9 Å². The summed E-state index contributed by atoms with van der Waals surface area (Å²) in [5, 5.41) is 15.7. The first-order chi connectivity index (χ1) is 7.99. The molecule has 3 N–H and O–H groups in total. The van der Waals surface area contributed by atoms with Crippen LogP contribution < -0.4 is 4.72 Å². The van der Waals surface area contributed by atoms with Gasteiger partial charge in [0, 0.05) is 6.04 Å². The van der Waals surface area contributed by atoms with Gasteiger partial charge in [-0.25, -0.2) is 13.1 Å². The molecule has 0 atom stereocenters. The van der Waals surface area contributed by atoms with Crippen LogP contribution in [-0.4, -0.2) is 35.9 Å². The number of aromatic nitrogens is 2. The van der Waals surface area contributed by atoms with E-state index in [1.54, 1.807) is 6.92 Å². The molecule has 0 unspecified atom stereocenters. The third kappa shape index (κ3) is 2.85. The minimum absolute atomic E-state index is 0.0855. The van der Waals surface area contributed by atoms with Crippen LogP contribution in [0.3, 0.4) is 0 Å². The molecule has 0 spiro atoms. The Morgan fingerprint density at radius 2 is 2.06 bits per heavy atom. The Morgan fingerprint density at radius 1 is 1.41 bits per heavy atom. The smallest absolute Gasteiger partial charge is 0.244 e. The summed E-state index contributed by atoms with van der Waals surface area (Å²) in [7, 11) is -3.49. The minimum Gasteiger partial charge on any atom is -0.393 e. The molecular formula is C10H17N3O3S. The summed E-state index contributed by atoms with van der Waals surface area (Å²) in [6.07, 6.45) is 3.69. The van der Waals surface area contributed by atoms with Gasteiger partial charge >= 0.3 is 0 Å². The zero-order chi connectivity index (χ0) is 12.5. The molecule has 6 nitrogen and oxygen atoms in total. The van der Waals surface area contributed by atoms with Crippen molar-refractivity contribution >= 4 is 10.0 Å². The van der Waals surface area contributed by atoms with E-state index < -0.39 is 10.0 Å². The predicted octanol–water partition coefficient (Wildman–Crippen LogP) is 0.300. The Bertz CT molecular complexity index is 475. The first kappa shape index (κ1) is 12.5. The van der Waals surface area contributed by atoms with E-state index in [1.165, 1.54) is 6.20 Å².